The first kappa shape index (κ1) is 27.9. The van der Waals surface area contributed by atoms with Crippen LogP contribution >= 0.6 is 11.8 Å². The van der Waals surface area contributed by atoms with E-state index in [9.17, 15) is 34.7 Å². The molecule has 1 heterocycles. The van der Waals surface area contributed by atoms with Gasteiger partial charge in [-0.1, -0.05) is 42.1 Å². The molecule has 0 aliphatic carbocycles. The lowest BCUT2D eigenvalue weighted by molar-refractivity contribution is -0.387. The summed E-state index contributed by atoms with van der Waals surface area (Å²) in [6.45, 7) is 0. The van der Waals surface area contributed by atoms with E-state index < -0.39 is 46.3 Å². The molecule has 3 rings (SSSR count). The minimum absolute atomic E-state index is 0.0385. The third kappa shape index (κ3) is 6.73. The smallest absolute Gasteiger partial charge is 0.392 e. The minimum atomic E-state index is -1.53. The molecule has 1 unspecified atom stereocenters. The molecule has 0 saturated heterocycles. The van der Waals surface area contributed by atoms with Crippen LogP contribution in [0.1, 0.15) is 26.3 Å². The van der Waals surface area contributed by atoms with Crippen molar-refractivity contribution in [3.8, 4) is 17.5 Å². The molecule has 0 bridgehead atoms. The Hall–Kier alpha value is -4.72. The summed E-state index contributed by atoms with van der Waals surface area (Å²) in [5.74, 6) is -4.77. The van der Waals surface area contributed by atoms with Gasteiger partial charge in [-0.3, -0.25) is 14.9 Å². The van der Waals surface area contributed by atoms with E-state index in [1.165, 1.54) is 25.1 Å². The number of benzene rings is 2. The second-order valence-electron chi connectivity index (χ2n) is 7.91. The molecule has 0 saturated carbocycles. The lowest BCUT2D eigenvalue weighted by Crippen LogP contribution is -2.30. The summed E-state index contributed by atoms with van der Waals surface area (Å²) in [6.07, 6.45) is -0.0707. The number of aromatic carboxylic acids is 1. The Bertz CT molecular complexity index is 1380. The van der Waals surface area contributed by atoms with E-state index in [2.05, 4.69) is 9.97 Å². The van der Waals surface area contributed by atoms with Crippen LogP contribution in [0.15, 0.2) is 53.7 Å². The molecule has 3 aromatic rings. The van der Waals surface area contributed by atoms with Crippen molar-refractivity contribution in [3.05, 3.63) is 75.3 Å². The third-order valence-corrected chi connectivity index (χ3v) is 5.53. The molecule has 2 aromatic carbocycles. The number of carboxylic acid groups (broad SMARTS) is 2. The van der Waals surface area contributed by atoms with Crippen LogP contribution in [0.5, 0.6) is 17.5 Å². The van der Waals surface area contributed by atoms with Gasteiger partial charge in [0.1, 0.15) is 5.75 Å². The zero-order valence-corrected chi connectivity index (χ0v) is 21.2. The number of thioether (sulfide) groups is 1. The summed E-state index contributed by atoms with van der Waals surface area (Å²) < 4.78 is 11.1. The molecular weight excluding hydrogens is 520 g/mol. The van der Waals surface area contributed by atoms with Gasteiger partial charge in [0.2, 0.25) is 6.10 Å². The molecule has 0 radical (unpaired) electrons. The topological polar surface area (TPSA) is 182 Å². The van der Waals surface area contributed by atoms with Crippen LogP contribution in [0.4, 0.5) is 5.69 Å². The molecule has 14 heteroatoms. The lowest BCUT2D eigenvalue weighted by Gasteiger charge is -2.16. The summed E-state index contributed by atoms with van der Waals surface area (Å²) in [4.78, 5) is 56.3. The van der Waals surface area contributed by atoms with Crippen molar-refractivity contribution in [2.24, 2.45) is 0 Å². The molecule has 198 valence electrons. The molecule has 0 spiro atoms. The molecule has 1 atom stereocenters. The van der Waals surface area contributed by atoms with Crippen LogP contribution in [-0.2, 0) is 11.2 Å². The number of hydrogen-bond acceptors (Lipinski definition) is 10. The first-order valence-electron chi connectivity index (χ1n) is 10.8. The fourth-order valence-corrected chi connectivity index (χ4v) is 3.56. The van der Waals surface area contributed by atoms with Crippen molar-refractivity contribution >= 4 is 35.3 Å². The average molecular weight is 543 g/mol. The van der Waals surface area contributed by atoms with E-state index in [1.807, 2.05) is 0 Å². The average Bonchev–Trinajstić information content (AvgIpc) is 2.87. The Labute approximate surface area is 220 Å². The highest BCUT2D eigenvalue weighted by Crippen LogP contribution is 2.39. The van der Waals surface area contributed by atoms with Gasteiger partial charge in [0.25, 0.3) is 5.91 Å². The second-order valence-corrected chi connectivity index (χ2v) is 8.69. The normalized spacial score (nSPS) is 11.3. The molecule has 38 heavy (non-hydrogen) atoms. The van der Waals surface area contributed by atoms with Crippen LogP contribution < -0.4 is 9.47 Å². The zero-order valence-electron chi connectivity index (χ0n) is 20.4. The standard InChI is InChI=1S/C24H22N4O9S/c1-27(2)21(29)14-10-15(22(30)31)12-16(11-14)36-19-18(28(34)35)20(26-24(25-19)38-3)37-17(23(32)33)9-13-7-5-4-6-8-13/h4-8,10-12,17H,9H2,1-3H3,(H,30,31)(H,32,33). The van der Waals surface area contributed by atoms with Gasteiger partial charge in [-0.15, -0.1) is 0 Å². The number of amides is 1. The van der Waals surface area contributed by atoms with Gasteiger partial charge in [0, 0.05) is 26.1 Å². The van der Waals surface area contributed by atoms with E-state index in [0.29, 0.717) is 5.56 Å². The van der Waals surface area contributed by atoms with Gasteiger partial charge in [0.15, 0.2) is 5.16 Å². The minimum Gasteiger partial charge on any atom is -0.478 e. The lowest BCUT2D eigenvalue weighted by atomic mass is 10.1. The number of aromatic nitrogens is 2. The Kier molecular flexibility index (Phi) is 8.81. The Balaban J connectivity index is 2.09. The highest BCUT2D eigenvalue weighted by molar-refractivity contribution is 7.98. The van der Waals surface area contributed by atoms with E-state index >= 15 is 0 Å². The summed E-state index contributed by atoms with van der Waals surface area (Å²) in [6, 6.07) is 11.9. The van der Waals surface area contributed by atoms with Crippen LogP contribution in [0, 0.1) is 10.1 Å². The molecule has 2 N–H and O–H groups in total. The van der Waals surface area contributed by atoms with Crippen molar-refractivity contribution in [3.63, 3.8) is 0 Å². The number of nitro groups is 1. The van der Waals surface area contributed by atoms with Crippen LogP contribution in [0.2, 0.25) is 0 Å². The van der Waals surface area contributed by atoms with Crippen LogP contribution in [0.25, 0.3) is 0 Å². The van der Waals surface area contributed by atoms with Gasteiger partial charge in [-0.05, 0) is 30.0 Å². The van der Waals surface area contributed by atoms with Gasteiger partial charge in [-0.25, -0.2) is 9.59 Å². The number of carbonyl (C=O) groups excluding carboxylic acids is 1. The molecule has 1 amide bonds. The Morgan fingerprint density at radius 3 is 2.24 bits per heavy atom. The second kappa shape index (κ2) is 12.0. The molecule has 0 fully saturated rings. The maximum Gasteiger partial charge on any atom is 0.392 e. The highest BCUT2D eigenvalue weighted by atomic mass is 32.2. The number of carboxylic acids is 2. The first-order chi connectivity index (χ1) is 18.0. The SMILES string of the molecule is CSc1nc(Oc2cc(C(=O)O)cc(C(=O)N(C)C)c2)c([N+](=O)[O-])c(OC(Cc2ccccc2)C(=O)O)n1. The fourth-order valence-electron chi connectivity index (χ4n) is 3.21. The summed E-state index contributed by atoms with van der Waals surface area (Å²) in [7, 11) is 2.93. The van der Waals surface area contributed by atoms with Crippen molar-refractivity contribution < 1.29 is 39.0 Å². The molecule has 1 aromatic heterocycles. The van der Waals surface area contributed by atoms with E-state index in [1.54, 1.807) is 36.6 Å². The van der Waals surface area contributed by atoms with Crippen LogP contribution in [0.3, 0.4) is 0 Å². The number of rotatable bonds is 11. The van der Waals surface area contributed by atoms with E-state index in [0.717, 1.165) is 23.9 Å². The Morgan fingerprint density at radius 2 is 1.68 bits per heavy atom. The molecule has 0 aliphatic heterocycles. The monoisotopic (exact) mass is 542 g/mol. The number of aliphatic carboxylic acids is 1. The predicted molar refractivity (Wildman–Crippen MR) is 134 cm³/mol. The van der Waals surface area contributed by atoms with Gasteiger partial charge in [-0.2, -0.15) is 9.97 Å². The maximum atomic E-state index is 12.5. The Morgan fingerprint density at radius 1 is 1.05 bits per heavy atom. The van der Waals surface area contributed by atoms with Gasteiger partial charge < -0.3 is 24.6 Å². The van der Waals surface area contributed by atoms with Crippen molar-refractivity contribution in [2.75, 3.05) is 20.4 Å². The quantitative estimate of drug-likeness (QED) is 0.156. The molecule has 13 nitrogen and oxygen atoms in total. The molecular formula is C24H22N4O9S. The predicted octanol–water partition coefficient (Wildman–Crippen LogP) is 3.37. The van der Waals surface area contributed by atoms with Crippen molar-refractivity contribution in [1.29, 1.82) is 0 Å². The number of nitrogens with zero attached hydrogens (tertiary/aromatic N) is 4. The first-order valence-corrected chi connectivity index (χ1v) is 12.0. The summed E-state index contributed by atoms with van der Waals surface area (Å²) in [5, 5.41) is 31.2. The van der Waals surface area contributed by atoms with Crippen LogP contribution in [-0.4, -0.2) is 74.3 Å². The third-order valence-electron chi connectivity index (χ3n) is 4.98. The summed E-state index contributed by atoms with van der Waals surface area (Å²) in [5.41, 5.74) is -0.609. The maximum absolute atomic E-state index is 12.5. The molecule has 0 aliphatic rings. The fraction of sp³-hybridized carbons (Fsp3) is 0.208. The van der Waals surface area contributed by atoms with Gasteiger partial charge >= 0.3 is 29.4 Å². The number of ether oxygens (including phenoxy) is 2. The van der Waals surface area contributed by atoms with Crippen molar-refractivity contribution in [1.82, 2.24) is 14.9 Å². The van der Waals surface area contributed by atoms with E-state index in [-0.39, 0.29) is 28.5 Å². The summed E-state index contributed by atoms with van der Waals surface area (Å²) >= 11 is 0.980. The zero-order chi connectivity index (χ0) is 28.0. The number of hydrogen-bond donors (Lipinski definition) is 2. The number of carbonyl (C=O) groups is 3. The largest absolute Gasteiger partial charge is 0.478 e. The van der Waals surface area contributed by atoms with Gasteiger partial charge in [0.05, 0.1) is 10.5 Å². The highest BCUT2D eigenvalue weighted by Gasteiger charge is 2.33. The van der Waals surface area contributed by atoms with E-state index in [4.69, 9.17) is 9.47 Å². The van der Waals surface area contributed by atoms with Crippen molar-refractivity contribution in [2.45, 2.75) is 17.7 Å².